The number of aliphatic hydroxyl groups excluding tert-OH is 1. The fourth-order valence-electron chi connectivity index (χ4n) is 3.47. The standard InChI is InChI=1S/C23H29Cl3N2O8/c1-3-9-35-22(32)27-17-12-19(34-10-5-7-20(30)36-14-23(24,25)26)18(33-2)11-16(17)21(31)28-8-4-6-15(28)13-29/h3,11-12,15,29H,1,4-10,13-14H2,2H3,(H,27,32)/t15-/m0/s1. The third-order valence-electron chi connectivity index (χ3n) is 5.13. The van der Waals surface area contributed by atoms with Gasteiger partial charge in [-0.3, -0.25) is 14.9 Å². The zero-order valence-electron chi connectivity index (χ0n) is 19.8. The second kappa shape index (κ2) is 14.4. The lowest BCUT2D eigenvalue weighted by atomic mass is 10.1. The van der Waals surface area contributed by atoms with Gasteiger partial charge in [0.25, 0.3) is 5.91 Å². The van der Waals surface area contributed by atoms with Gasteiger partial charge in [-0.1, -0.05) is 47.5 Å². The van der Waals surface area contributed by atoms with E-state index in [-0.39, 0.29) is 74.0 Å². The Balaban J connectivity index is 2.18. The molecule has 1 aromatic carbocycles. The first-order chi connectivity index (χ1) is 17.1. The van der Waals surface area contributed by atoms with Crippen LogP contribution < -0.4 is 14.8 Å². The van der Waals surface area contributed by atoms with Crippen molar-refractivity contribution in [2.75, 3.05) is 45.4 Å². The molecule has 1 heterocycles. The number of nitrogens with zero attached hydrogens (tertiary/aromatic N) is 1. The van der Waals surface area contributed by atoms with Crippen LogP contribution in [-0.2, 0) is 14.3 Å². The highest BCUT2D eigenvalue weighted by molar-refractivity contribution is 6.67. The van der Waals surface area contributed by atoms with Crippen LogP contribution >= 0.6 is 34.8 Å². The molecule has 200 valence electrons. The van der Waals surface area contributed by atoms with Crippen LogP contribution in [0.15, 0.2) is 24.8 Å². The number of methoxy groups -OCH3 is 1. The molecule has 1 fully saturated rings. The molecule has 36 heavy (non-hydrogen) atoms. The summed E-state index contributed by atoms with van der Waals surface area (Å²) in [7, 11) is 1.41. The molecular formula is C23H29Cl3N2O8. The maximum absolute atomic E-state index is 13.3. The van der Waals surface area contributed by atoms with E-state index in [1.807, 2.05) is 0 Å². The fourth-order valence-corrected chi connectivity index (χ4v) is 3.64. The molecule has 1 aliphatic rings. The molecule has 1 aliphatic heterocycles. The summed E-state index contributed by atoms with van der Waals surface area (Å²) in [4.78, 5) is 38.9. The fraction of sp³-hybridized carbons (Fsp3) is 0.522. The van der Waals surface area contributed by atoms with E-state index in [0.717, 1.165) is 6.42 Å². The molecule has 0 spiro atoms. The third kappa shape index (κ3) is 9.24. The van der Waals surface area contributed by atoms with Gasteiger partial charge in [0.05, 0.1) is 37.6 Å². The van der Waals surface area contributed by atoms with Crippen molar-refractivity contribution in [1.29, 1.82) is 0 Å². The van der Waals surface area contributed by atoms with Crippen molar-refractivity contribution in [2.24, 2.45) is 0 Å². The molecule has 2 rings (SSSR count). The highest BCUT2D eigenvalue weighted by Gasteiger charge is 2.31. The van der Waals surface area contributed by atoms with E-state index < -0.39 is 15.9 Å². The zero-order valence-corrected chi connectivity index (χ0v) is 22.0. The Morgan fingerprint density at radius 1 is 1.25 bits per heavy atom. The summed E-state index contributed by atoms with van der Waals surface area (Å²) in [6.45, 7) is 3.49. The van der Waals surface area contributed by atoms with Crippen molar-refractivity contribution in [3.63, 3.8) is 0 Å². The number of likely N-dealkylation sites (tertiary alicyclic amines) is 1. The Morgan fingerprint density at radius 2 is 2.00 bits per heavy atom. The molecule has 2 amide bonds. The summed E-state index contributed by atoms with van der Waals surface area (Å²) in [6, 6.07) is 2.57. The number of amides is 2. The first kappa shape index (κ1) is 29.8. The first-order valence-electron chi connectivity index (χ1n) is 11.1. The number of carbonyl (C=O) groups excluding carboxylic acids is 3. The predicted octanol–water partition coefficient (Wildman–Crippen LogP) is 4.10. The SMILES string of the molecule is C=CCOC(=O)Nc1cc(OCCCC(=O)OCC(Cl)(Cl)Cl)c(OC)cc1C(=O)N1CCC[C@H]1CO. The highest BCUT2D eigenvalue weighted by Crippen LogP contribution is 2.35. The van der Waals surface area contributed by atoms with Gasteiger partial charge in [0, 0.05) is 19.0 Å². The van der Waals surface area contributed by atoms with E-state index in [2.05, 4.69) is 11.9 Å². The van der Waals surface area contributed by atoms with E-state index in [1.165, 1.54) is 25.3 Å². The average Bonchev–Trinajstić information content (AvgIpc) is 3.32. The van der Waals surface area contributed by atoms with E-state index in [1.54, 1.807) is 4.90 Å². The zero-order chi connectivity index (χ0) is 26.7. The van der Waals surface area contributed by atoms with Crippen molar-refractivity contribution < 1.29 is 38.4 Å². The number of hydrogen-bond donors (Lipinski definition) is 2. The van der Waals surface area contributed by atoms with E-state index in [0.29, 0.717) is 13.0 Å². The number of aliphatic hydroxyl groups is 1. The quantitative estimate of drug-likeness (QED) is 0.167. The lowest BCUT2D eigenvalue weighted by Crippen LogP contribution is -2.38. The van der Waals surface area contributed by atoms with Gasteiger partial charge in [0.1, 0.15) is 13.2 Å². The minimum atomic E-state index is -1.69. The molecule has 0 bridgehead atoms. The summed E-state index contributed by atoms with van der Waals surface area (Å²) >= 11 is 16.7. The van der Waals surface area contributed by atoms with Gasteiger partial charge in [-0.15, -0.1) is 0 Å². The molecule has 0 unspecified atom stereocenters. The van der Waals surface area contributed by atoms with Crippen molar-refractivity contribution >= 4 is 58.5 Å². The van der Waals surface area contributed by atoms with Gasteiger partial charge in [-0.05, 0) is 25.3 Å². The highest BCUT2D eigenvalue weighted by atomic mass is 35.6. The van der Waals surface area contributed by atoms with Gasteiger partial charge in [-0.2, -0.15) is 0 Å². The molecule has 0 saturated carbocycles. The number of esters is 1. The Kier molecular flexibility index (Phi) is 11.9. The topological polar surface area (TPSA) is 124 Å². The Bertz CT molecular complexity index is 939. The first-order valence-corrected chi connectivity index (χ1v) is 12.3. The van der Waals surface area contributed by atoms with Gasteiger partial charge < -0.3 is 29.0 Å². The minimum absolute atomic E-state index is 0.0100. The average molecular weight is 568 g/mol. The normalized spacial score (nSPS) is 15.2. The van der Waals surface area contributed by atoms with E-state index in [4.69, 9.17) is 53.8 Å². The van der Waals surface area contributed by atoms with Crippen LogP contribution in [0, 0.1) is 0 Å². The van der Waals surface area contributed by atoms with E-state index in [9.17, 15) is 19.5 Å². The Labute approximate surface area is 224 Å². The molecule has 1 atom stereocenters. The lowest BCUT2D eigenvalue weighted by Gasteiger charge is -2.25. The monoisotopic (exact) mass is 566 g/mol. The second-order valence-corrected chi connectivity index (χ2v) is 10.3. The molecule has 1 saturated heterocycles. The van der Waals surface area contributed by atoms with Gasteiger partial charge in [-0.25, -0.2) is 4.79 Å². The van der Waals surface area contributed by atoms with Crippen molar-refractivity contribution in [3.8, 4) is 11.5 Å². The molecule has 0 radical (unpaired) electrons. The summed E-state index contributed by atoms with van der Waals surface area (Å²) in [6.07, 6.45) is 2.33. The second-order valence-electron chi connectivity index (χ2n) is 7.77. The molecule has 10 nitrogen and oxygen atoms in total. The number of benzene rings is 1. The molecule has 0 aliphatic carbocycles. The Morgan fingerprint density at radius 3 is 2.64 bits per heavy atom. The van der Waals surface area contributed by atoms with Crippen molar-refractivity contribution in [2.45, 2.75) is 35.5 Å². The lowest BCUT2D eigenvalue weighted by molar-refractivity contribution is -0.143. The number of hydrogen-bond acceptors (Lipinski definition) is 8. The van der Waals surface area contributed by atoms with Gasteiger partial charge in [0.2, 0.25) is 3.79 Å². The summed E-state index contributed by atoms with van der Waals surface area (Å²) in [5.41, 5.74) is 0.279. The summed E-state index contributed by atoms with van der Waals surface area (Å²) in [5, 5.41) is 12.2. The number of nitrogens with one attached hydrogen (secondary N) is 1. The number of carbonyl (C=O) groups is 3. The van der Waals surface area contributed by atoms with E-state index >= 15 is 0 Å². The maximum Gasteiger partial charge on any atom is 0.411 e. The molecular weight excluding hydrogens is 539 g/mol. The molecule has 2 N–H and O–H groups in total. The maximum atomic E-state index is 13.3. The number of halogens is 3. The number of anilines is 1. The van der Waals surface area contributed by atoms with Crippen molar-refractivity contribution in [1.82, 2.24) is 4.90 Å². The predicted molar refractivity (Wildman–Crippen MR) is 135 cm³/mol. The van der Waals surface area contributed by atoms with Crippen LogP contribution in [0.2, 0.25) is 0 Å². The number of alkyl halides is 3. The number of rotatable bonds is 12. The largest absolute Gasteiger partial charge is 0.493 e. The minimum Gasteiger partial charge on any atom is -0.493 e. The third-order valence-corrected chi connectivity index (χ3v) is 5.46. The summed E-state index contributed by atoms with van der Waals surface area (Å²) in [5.74, 6) is -0.480. The van der Waals surface area contributed by atoms with Crippen LogP contribution in [0.3, 0.4) is 0 Å². The van der Waals surface area contributed by atoms with Gasteiger partial charge >= 0.3 is 12.1 Å². The van der Waals surface area contributed by atoms with Crippen molar-refractivity contribution in [3.05, 3.63) is 30.4 Å². The van der Waals surface area contributed by atoms with Gasteiger partial charge in [0.15, 0.2) is 11.5 Å². The van der Waals surface area contributed by atoms with Crippen LogP contribution in [0.25, 0.3) is 0 Å². The van der Waals surface area contributed by atoms with Crippen LogP contribution in [0.5, 0.6) is 11.5 Å². The van der Waals surface area contributed by atoms with Crippen LogP contribution in [0.4, 0.5) is 10.5 Å². The smallest absolute Gasteiger partial charge is 0.411 e. The molecule has 13 heteroatoms. The summed E-state index contributed by atoms with van der Waals surface area (Å²) < 4.78 is 19.3. The van der Waals surface area contributed by atoms with Crippen LogP contribution in [-0.4, -0.2) is 77.9 Å². The number of ether oxygens (including phenoxy) is 4. The Hall–Kier alpha value is -2.40. The molecule has 1 aromatic rings. The molecule has 0 aromatic heterocycles. The van der Waals surface area contributed by atoms with Crippen LogP contribution in [0.1, 0.15) is 36.0 Å².